The van der Waals surface area contributed by atoms with Gasteiger partial charge in [0, 0.05) is 0 Å². The Bertz CT molecular complexity index is 252. The van der Waals surface area contributed by atoms with E-state index in [9.17, 15) is 0 Å². The smallest absolute Gasteiger partial charge is 0.00979 e. The van der Waals surface area contributed by atoms with E-state index in [1.165, 1.54) is 167 Å². The lowest BCUT2D eigenvalue weighted by atomic mass is 10.0. The highest BCUT2D eigenvalue weighted by molar-refractivity contribution is 7.80. The molecule has 0 N–H and O–H groups in total. The van der Waals surface area contributed by atoms with E-state index in [1.807, 2.05) is 0 Å². The monoisotopic (exact) mass is 458 g/mol. The van der Waals surface area contributed by atoms with E-state index in [1.54, 1.807) is 0 Å². The van der Waals surface area contributed by atoms with Gasteiger partial charge in [-0.2, -0.15) is 25.3 Å². The molecule has 30 heavy (non-hydrogen) atoms. The quantitative estimate of drug-likeness (QED) is 0.0887. The maximum Gasteiger partial charge on any atom is -0.00979 e. The molecule has 182 valence electrons. The van der Waals surface area contributed by atoms with Crippen molar-refractivity contribution >= 4 is 25.3 Å². The third kappa shape index (κ3) is 28.7. The highest BCUT2D eigenvalue weighted by Gasteiger charge is 1.96. The van der Waals surface area contributed by atoms with Crippen LogP contribution in [0.3, 0.4) is 0 Å². The summed E-state index contributed by atoms with van der Waals surface area (Å²) in [6, 6.07) is 0. The molecule has 0 atom stereocenters. The molecule has 0 saturated heterocycles. The van der Waals surface area contributed by atoms with Crippen LogP contribution in [-0.4, -0.2) is 11.5 Å². The summed E-state index contributed by atoms with van der Waals surface area (Å²) in [6.07, 6.45) is 37.8. The van der Waals surface area contributed by atoms with Gasteiger partial charge in [-0.3, -0.25) is 0 Å². The molecule has 0 spiro atoms. The first-order chi connectivity index (χ1) is 14.9. The topological polar surface area (TPSA) is 0 Å². The highest BCUT2D eigenvalue weighted by atomic mass is 32.1. The predicted octanol–water partition coefficient (Wildman–Crippen LogP) is 11.0. The standard InChI is InChI=1S/C28H58S2/c29-27-25-23-21-19-17-15-13-11-9-7-5-3-1-2-4-6-8-10-12-14-16-18-20-22-24-26-28-30/h29-30H,1-28H2. The van der Waals surface area contributed by atoms with E-state index in [0.717, 1.165) is 11.5 Å². The second-order valence-corrected chi connectivity index (χ2v) is 10.5. The minimum absolute atomic E-state index is 1.07. The minimum Gasteiger partial charge on any atom is -0.179 e. The lowest BCUT2D eigenvalue weighted by Gasteiger charge is -2.04. The van der Waals surface area contributed by atoms with Gasteiger partial charge in [-0.05, 0) is 24.3 Å². The fourth-order valence-electron chi connectivity index (χ4n) is 4.47. The first kappa shape index (κ1) is 30.7. The van der Waals surface area contributed by atoms with Crippen molar-refractivity contribution in [2.45, 2.75) is 167 Å². The number of thiol groups is 2. The Morgan fingerprint density at radius 1 is 0.167 bits per heavy atom. The van der Waals surface area contributed by atoms with Crippen LogP contribution in [-0.2, 0) is 0 Å². The lowest BCUT2D eigenvalue weighted by Crippen LogP contribution is -1.85. The fourth-order valence-corrected chi connectivity index (χ4v) is 4.91. The normalized spacial score (nSPS) is 11.4. The van der Waals surface area contributed by atoms with Gasteiger partial charge >= 0.3 is 0 Å². The van der Waals surface area contributed by atoms with Gasteiger partial charge in [0.15, 0.2) is 0 Å². The van der Waals surface area contributed by atoms with Crippen LogP contribution in [0.2, 0.25) is 0 Å². The zero-order valence-corrected chi connectivity index (χ0v) is 22.5. The van der Waals surface area contributed by atoms with Crippen molar-refractivity contribution in [3.8, 4) is 0 Å². The molecule has 0 aromatic carbocycles. The molecule has 0 aliphatic heterocycles. The zero-order valence-electron chi connectivity index (χ0n) is 20.7. The van der Waals surface area contributed by atoms with E-state index in [2.05, 4.69) is 25.3 Å². The van der Waals surface area contributed by atoms with Gasteiger partial charge in [0.05, 0.1) is 0 Å². The number of rotatable bonds is 27. The van der Waals surface area contributed by atoms with Gasteiger partial charge in [0.25, 0.3) is 0 Å². The van der Waals surface area contributed by atoms with Crippen molar-refractivity contribution in [3.63, 3.8) is 0 Å². The summed E-state index contributed by atoms with van der Waals surface area (Å²) in [5.74, 6) is 2.13. The fraction of sp³-hybridized carbons (Fsp3) is 1.00. The Morgan fingerprint density at radius 2 is 0.267 bits per heavy atom. The van der Waals surface area contributed by atoms with Crippen molar-refractivity contribution < 1.29 is 0 Å². The molecular formula is C28H58S2. The largest absolute Gasteiger partial charge is 0.179 e. The van der Waals surface area contributed by atoms with Crippen LogP contribution < -0.4 is 0 Å². The molecule has 0 heterocycles. The molecule has 0 fully saturated rings. The van der Waals surface area contributed by atoms with Crippen molar-refractivity contribution in [1.82, 2.24) is 0 Å². The molecule has 0 unspecified atom stereocenters. The summed E-state index contributed by atoms with van der Waals surface area (Å²) >= 11 is 8.55. The predicted molar refractivity (Wildman–Crippen MR) is 148 cm³/mol. The first-order valence-corrected chi connectivity index (χ1v) is 15.4. The molecule has 0 aliphatic rings. The first-order valence-electron chi connectivity index (χ1n) is 14.1. The van der Waals surface area contributed by atoms with Crippen LogP contribution in [0.1, 0.15) is 167 Å². The second-order valence-electron chi connectivity index (χ2n) is 9.64. The Morgan fingerprint density at radius 3 is 0.367 bits per heavy atom. The van der Waals surface area contributed by atoms with Crippen molar-refractivity contribution in [1.29, 1.82) is 0 Å². The number of hydrogen-bond acceptors (Lipinski definition) is 2. The molecule has 0 aromatic heterocycles. The van der Waals surface area contributed by atoms with Gasteiger partial charge < -0.3 is 0 Å². The molecule has 0 radical (unpaired) electrons. The number of unbranched alkanes of at least 4 members (excludes halogenated alkanes) is 25. The van der Waals surface area contributed by atoms with E-state index in [4.69, 9.17) is 0 Å². The van der Waals surface area contributed by atoms with Crippen LogP contribution in [0.15, 0.2) is 0 Å². The SMILES string of the molecule is SCCCCCCCCCCCCCCCCCCCCCCCCCCCCS. The molecule has 0 aliphatic carbocycles. The van der Waals surface area contributed by atoms with Gasteiger partial charge in [0.2, 0.25) is 0 Å². The van der Waals surface area contributed by atoms with Gasteiger partial charge in [-0.15, -0.1) is 0 Å². The van der Waals surface area contributed by atoms with Gasteiger partial charge in [-0.25, -0.2) is 0 Å². The zero-order chi connectivity index (χ0) is 21.8. The maximum absolute atomic E-state index is 4.27. The van der Waals surface area contributed by atoms with E-state index >= 15 is 0 Å². The van der Waals surface area contributed by atoms with Crippen LogP contribution in [0.4, 0.5) is 0 Å². The summed E-state index contributed by atoms with van der Waals surface area (Å²) in [5.41, 5.74) is 0. The Hall–Kier alpha value is 0.700. The summed E-state index contributed by atoms with van der Waals surface area (Å²) in [7, 11) is 0. The van der Waals surface area contributed by atoms with E-state index in [0.29, 0.717) is 0 Å². The van der Waals surface area contributed by atoms with Crippen molar-refractivity contribution in [3.05, 3.63) is 0 Å². The average molecular weight is 459 g/mol. The maximum atomic E-state index is 4.27. The lowest BCUT2D eigenvalue weighted by molar-refractivity contribution is 0.516. The molecule has 0 saturated carbocycles. The molecule has 0 bridgehead atoms. The molecule has 0 nitrogen and oxygen atoms in total. The van der Waals surface area contributed by atoms with Crippen molar-refractivity contribution in [2.24, 2.45) is 0 Å². The highest BCUT2D eigenvalue weighted by Crippen LogP contribution is 2.16. The Balaban J connectivity index is 2.97. The van der Waals surface area contributed by atoms with Crippen molar-refractivity contribution in [2.75, 3.05) is 11.5 Å². The molecule has 0 aromatic rings. The third-order valence-electron chi connectivity index (χ3n) is 6.57. The molecule has 0 amide bonds. The van der Waals surface area contributed by atoms with E-state index < -0.39 is 0 Å². The molecule has 2 heteroatoms. The summed E-state index contributed by atoms with van der Waals surface area (Å²) in [4.78, 5) is 0. The van der Waals surface area contributed by atoms with E-state index in [-0.39, 0.29) is 0 Å². The van der Waals surface area contributed by atoms with Crippen LogP contribution in [0.25, 0.3) is 0 Å². The Labute approximate surface area is 203 Å². The molecular weight excluding hydrogens is 400 g/mol. The average Bonchev–Trinajstić information content (AvgIpc) is 2.76. The second kappa shape index (κ2) is 29.7. The minimum atomic E-state index is 1.07. The summed E-state index contributed by atoms with van der Waals surface area (Å²) in [6.45, 7) is 0. The molecule has 0 rings (SSSR count). The summed E-state index contributed by atoms with van der Waals surface area (Å²) < 4.78 is 0. The number of hydrogen-bond donors (Lipinski definition) is 2. The summed E-state index contributed by atoms with van der Waals surface area (Å²) in [5, 5.41) is 0. The third-order valence-corrected chi connectivity index (χ3v) is 7.20. The van der Waals surface area contributed by atoms with Crippen LogP contribution >= 0.6 is 25.3 Å². The van der Waals surface area contributed by atoms with Gasteiger partial charge in [-0.1, -0.05) is 154 Å². The van der Waals surface area contributed by atoms with Crippen LogP contribution in [0.5, 0.6) is 0 Å². The Kier molecular flexibility index (Phi) is 30.4. The van der Waals surface area contributed by atoms with Crippen LogP contribution in [0, 0.1) is 0 Å². The van der Waals surface area contributed by atoms with Gasteiger partial charge in [0.1, 0.15) is 0 Å².